The summed E-state index contributed by atoms with van der Waals surface area (Å²) >= 11 is 0. The maximum atomic E-state index is 10.5. The number of hydrogen-bond donors (Lipinski definition) is 2. The van der Waals surface area contributed by atoms with Crippen molar-refractivity contribution in [3.05, 3.63) is 35.4 Å². The number of carboxylic acids is 2. The second kappa shape index (κ2) is 20.8. The lowest BCUT2D eigenvalue weighted by Crippen LogP contribution is -2.34. The van der Waals surface area contributed by atoms with Crippen LogP contribution < -0.4 is 0 Å². The van der Waals surface area contributed by atoms with Crippen molar-refractivity contribution in [2.75, 3.05) is 54.4 Å². The number of carbonyl (C=O) groups is 2. The van der Waals surface area contributed by atoms with Gasteiger partial charge in [-0.2, -0.15) is 0 Å². The third kappa shape index (κ3) is 13.6. The van der Waals surface area contributed by atoms with Gasteiger partial charge in [-0.25, -0.2) is 9.59 Å². The van der Waals surface area contributed by atoms with Crippen molar-refractivity contribution in [2.24, 2.45) is 0 Å². The number of rotatable bonds is 14. The maximum Gasteiger partial charge on any atom is 0.336 e. The summed E-state index contributed by atoms with van der Waals surface area (Å²) in [5.74, 6) is -2.46. The van der Waals surface area contributed by atoms with Gasteiger partial charge in [0.1, 0.15) is 0 Å². The molecular formula is C32H58N4O4. The minimum absolute atomic E-state index is 0.190. The number of aromatic carboxylic acids is 2. The summed E-state index contributed by atoms with van der Waals surface area (Å²) in [6.45, 7) is 9.54. The first-order valence-electron chi connectivity index (χ1n) is 15.5. The third-order valence-corrected chi connectivity index (χ3v) is 8.17. The second-order valence-corrected chi connectivity index (χ2v) is 11.4. The molecule has 2 aliphatic heterocycles. The molecule has 0 aromatic heterocycles. The maximum absolute atomic E-state index is 10.5. The molecule has 2 saturated heterocycles. The first-order chi connectivity index (χ1) is 19.1. The molecule has 1 aromatic rings. The summed E-state index contributed by atoms with van der Waals surface area (Å²) in [5.41, 5.74) is -0.380. The number of likely N-dealkylation sites (N-methyl/N-ethyl adjacent to an activating group) is 4. The summed E-state index contributed by atoms with van der Waals surface area (Å²) in [6.07, 6.45) is 18.2. The first-order valence-corrected chi connectivity index (χ1v) is 15.5. The smallest absolute Gasteiger partial charge is 0.336 e. The number of unbranched alkanes of at least 4 members (excludes halogenated alkanes) is 8. The highest BCUT2D eigenvalue weighted by Gasteiger charge is 2.25. The van der Waals surface area contributed by atoms with Gasteiger partial charge in [-0.3, -0.25) is 19.6 Å². The van der Waals surface area contributed by atoms with Gasteiger partial charge >= 0.3 is 11.9 Å². The zero-order valence-corrected chi connectivity index (χ0v) is 26.3. The van der Waals surface area contributed by atoms with E-state index in [-0.39, 0.29) is 11.1 Å². The Morgan fingerprint density at radius 3 is 1.18 bits per heavy atom. The van der Waals surface area contributed by atoms with Crippen LogP contribution in [0.15, 0.2) is 24.3 Å². The summed E-state index contributed by atoms with van der Waals surface area (Å²) in [4.78, 5) is 30.9. The van der Waals surface area contributed by atoms with E-state index in [1.807, 2.05) is 0 Å². The molecule has 2 fully saturated rings. The molecule has 0 atom stereocenters. The molecule has 0 aliphatic carbocycles. The van der Waals surface area contributed by atoms with Crippen molar-refractivity contribution < 1.29 is 19.8 Å². The Kier molecular flexibility index (Phi) is 18.7. The molecule has 40 heavy (non-hydrogen) atoms. The quantitative estimate of drug-likeness (QED) is 0.260. The van der Waals surface area contributed by atoms with E-state index in [0.717, 1.165) is 12.3 Å². The van der Waals surface area contributed by atoms with Crippen LogP contribution in [0.2, 0.25) is 0 Å². The van der Waals surface area contributed by atoms with Crippen molar-refractivity contribution in [2.45, 2.75) is 103 Å². The fourth-order valence-electron chi connectivity index (χ4n) is 5.50. The Morgan fingerprint density at radius 2 is 0.900 bits per heavy atom. The van der Waals surface area contributed by atoms with Crippen LogP contribution in [0.1, 0.15) is 112 Å². The van der Waals surface area contributed by atoms with Crippen molar-refractivity contribution in [3.63, 3.8) is 0 Å². The van der Waals surface area contributed by atoms with Crippen molar-refractivity contribution in [3.8, 4) is 0 Å². The molecule has 0 saturated carbocycles. The van der Waals surface area contributed by atoms with E-state index in [2.05, 4.69) is 61.6 Å². The topological polar surface area (TPSA) is 87.6 Å². The first kappa shape index (κ1) is 36.0. The largest absolute Gasteiger partial charge is 0.478 e. The standard InChI is InChI=1S/2C12H26N2.C8H6O4/c2*1-4-5-6-7-8-9-12-13(2)10-11-14(12)3;9-7(10)5-3-1-2-4-6(5)8(11)12/h2*12H,4-11H2,1-3H3;1-4H,(H,9,10)(H,11,12). The lowest BCUT2D eigenvalue weighted by Gasteiger charge is -2.24. The fourth-order valence-corrected chi connectivity index (χ4v) is 5.50. The molecule has 230 valence electrons. The van der Waals surface area contributed by atoms with Gasteiger partial charge in [0.15, 0.2) is 0 Å². The zero-order chi connectivity index (χ0) is 29.9. The molecule has 0 unspecified atom stereocenters. The van der Waals surface area contributed by atoms with Crippen LogP contribution in [0.25, 0.3) is 0 Å². The summed E-state index contributed by atoms with van der Waals surface area (Å²) in [6, 6.07) is 5.48. The van der Waals surface area contributed by atoms with E-state index >= 15 is 0 Å². The Balaban J connectivity index is 0.000000301. The average molecular weight is 563 g/mol. The zero-order valence-electron chi connectivity index (χ0n) is 26.3. The van der Waals surface area contributed by atoms with Crippen LogP contribution in [-0.4, -0.2) is 108 Å². The highest BCUT2D eigenvalue weighted by atomic mass is 16.4. The van der Waals surface area contributed by atoms with Gasteiger partial charge in [0.2, 0.25) is 0 Å². The number of hydrogen-bond acceptors (Lipinski definition) is 6. The van der Waals surface area contributed by atoms with Crippen LogP contribution in [0.5, 0.6) is 0 Å². The highest BCUT2D eigenvalue weighted by molar-refractivity contribution is 6.01. The molecule has 0 amide bonds. The number of nitrogens with zero attached hydrogens (tertiary/aromatic N) is 4. The fraction of sp³-hybridized carbons (Fsp3) is 0.750. The van der Waals surface area contributed by atoms with Crippen LogP contribution >= 0.6 is 0 Å². The van der Waals surface area contributed by atoms with Gasteiger partial charge < -0.3 is 10.2 Å². The number of benzene rings is 1. The van der Waals surface area contributed by atoms with Gasteiger partial charge in [0.25, 0.3) is 0 Å². The lowest BCUT2D eigenvalue weighted by atomic mass is 10.1. The molecule has 2 aliphatic rings. The van der Waals surface area contributed by atoms with Crippen LogP contribution in [0.3, 0.4) is 0 Å². The molecule has 0 bridgehead atoms. The van der Waals surface area contributed by atoms with E-state index in [4.69, 9.17) is 10.2 Å². The van der Waals surface area contributed by atoms with E-state index in [1.165, 1.54) is 127 Å². The van der Waals surface area contributed by atoms with E-state index in [0.29, 0.717) is 0 Å². The molecule has 0 spiro atoms. The minimum Gasteiger partial charge on any atom is -0.478 e. The summed E-state index contributed by atoms with van der Waals surface area (Å²) in [7, 11) is 9.00. The molecular weight excluding hydrogens is 504 g/mol. The monoisotopic (exact) mass is 562 g/mol. The van der Waals surface area contributed by atoms with E-state index in [1.54, 1.807) is 0 Å². The van der Waals surface area contributed by atoms with E-state index in [9.17, 15) is 9.59 Å². The minimum atomic E-state index is -1.23. The summed E-state index contributed by atoms with van der Waals surface area (Å²) in [5, 5.41) is 17.1. The molecule has 2 N–H and O–H groups in total. The molecule has 8 nitrogen and oxygen atoms in total. The van der Waals surface area contributed by atoms with Gasteiger partial charge in [-0.15, -0.1) is 0 Å². The molecule has 0 radical (unpaired) electrons. The summed E-state index contributed by atoms with van der Waals surface area (Å²) < 4.78 is 0. The average Bonchev–Trinajstić information content (AvgIpc) is 3.43. The van der Waals surface area contributed by atoms with Gasteiger partial charge in [0.05, 0.1) is 23.5 Å². The normalized spacial score (nSPS) is 17.4. The van der Waals surface area contributed by atoms with Gasteiger partial charge in [-0.05, 0) is 53.2 Å². The molecule has 3 rings (SSSR count). The predicted octanol–water partition coefficient (Wildman–Crippen LogP) is 6.18. The van der Waals surface area contributed by atoms with Gasteiger partial charge in [0, 0.05) is 26.2 Å². The van der Waals surface area contributed by atoms with E-state index < -0.39 is 11.9 Å². The van der Waals surface area contributed by atoms with Crippen molar-refractivity contribution in [1.82, 2.24) is 19.6 Å². The number of carboxylic acid groups (broad SMARTS) is 2. The van der Waals surface area contributed by atoms with Crippen molar-refractivity contribution in [1.29, 1.82) is 0 Å². The second-order valence-electron chi connectivity index (χ2n) is 11.4. The SMILES string of the molecule is CCCCCCCC1N(C)CCN1C.CCCCCCCC1N(C)CCN1C.O=C(O)c1ccccc1C(=O)O. The highest BCUT2D eigenvalue weighted by Crippen LogP contribution is 2.18. The Labute approximate surface area is 244 Å². The van der Waals surface area contributed by atoms with Crippen LogP contribution in [0.4, 0.5) is 0 Å². The Morgan fingerprint density at radius 1 is 0.600 bits per heavy atom. The van der Waals surface area contributed by atoms with Crippen LogP contribution in [-0.2, 0) is 0 Å². The third-order valence-electron chi connectivity index (χ3n) is 8.17. The molecule has 2 heterocycles. The van der Waals surface area contributed by atoms with Crippen molar-refractivity contribution >= 4 is 11.9 Å². The molecule has 8 heteroatoms. The van der Waals surface area contributed by atoms with Gasteiger partial charge in [-0.1, -0.05) is 90.2 Å². The molecule has 1 aromatic carbocycles. The lowest BCUT2D eigenvalue weighted by molar-refractivity contribution is 0.0651. The Hall–Kier alpha value is -2.00. The Bertz CT molecular complexity index is 750. The predicted molar refractivity (Wildman–Crippen MR) is 165 cm³/mol. The van der Waals surface area contributed by atoms with Crippen LogP contribution in [0, 0.1) is 0 Å².